The zero-order valence-electron chi connectivity index (χ0n) is 10.2. The summed E-state index contributed by atoms with van der Waals surface area (Å²) >= 11 is 0. The summed E-state index contributed by atoms with van der Waals surface area (Å²) in [6.45, 7) is 0. The number of aromatic nitrogens is 1. The number of hydrogen-bond acceptors (Lipinski definition) is 3. The molecule has 3 heteroatoms. The van der Waals surface area contributed by atoms with Crippen LogP contribution in [0.3, 0.4) is 0 Å². The van der Waals surface area contributed by atoms with E-state index >= 15 is 0 Å². The van der Waals surface area contributed by atoms with Gasteiger partial charge in [-0.2, -0.15) is 0 Å². The molecule has 3 N–H and O–H groups in total. The molecule has 0 bridgehead atoms. The van der Waals surface area contributed by atoms with Gasteiger partial charge >= 0.3 is 0 Å². The van der Waals surface area contributed by atoms with Gasteiger partial charge in [0.25, 0.3) is 0 Å². The smallest absolute Gasteiger partial charge is 0.0475 e. The van der Waals surface area contributed by atoms with Gasteiger partial charge in [0.15, 0.2) is 0 Å². The fraction of sp³-hybridized carbons (Fsp3) is 0.500. The van der Waals surface area contributed by atoms with E-state index in [0.717, 1.165) is 12.1 Å². The van der Waals surface area contributed by atoms with Gasteiger partial charge in [0.1, 0.15) is 0 Å². The van der Waals surface area contributed by atoms with Crippen molar-refractivity contribution in [1.82, 2.24) is 10.4 Å². The van der Waals surface area contributed by atoms with Gasteiger partial charge in [-0.25, -0.2) is 0 Å². The molecule has 0 aliphatic heterocycles. The van der Waals surface area contributed by atoms with Crippen LogP contribution >= 0.6 is 0 Å². The second-order valence-electron chi connectivity index (χ2n) is 4.62. The van der Waals surface area contributed by atoms with E-state index in [1.165, 1.54) is 37.7 Å². The largest absolute Gasteiger partial charge is 0.271 e. The Kier molecular flexibility index (Phi) is 4.71. The van der Waals surface area contributed by atoms with Gasteiger partial charge in [-0.1, -0.05) is 24.1 Å². The number of nitrogens with two attached hydrogens (primary N) is 1. The summed E-state index contributed by atoms with van der Waals surface area (Å²) in [6.07, 6.45) is 11.4. The Labute approximate surface area is 103 Å². The molecule has 0 radical (unpaired) electrons. The normalized spacial score (nSPS) is 18.3. The molecule has 3 nitrogen and oxygen atoms in total. The number of nitrogens with zero attached hydrogens (tertiary/aromatic N) is 1. The van der Waals surface area contributed by atoms with Crippen molar-refractivity contribution in [3.8, 4) is 0 Å². The summed E-state index contributed by atoms with van der Waals surface area (Å²) in [7, 11) is 0. The van der Waals surface area contributed by atoms with Crippen LogP contribution in [0.25, 0.3) is 0 Å². The first-order valence-corrected chi connectivity index (χ1v) is 6.45. The van der Waals surface area contributed by atoms with E-state index in [0.29, 0.717) is 0 Å². The lowest BCUT2D eigenvalue weighted by Gasteiger charge is -2.18. The third-order valence-electron chi connectivity index (χ3n) is 3.36. The van der Waals surface area contributed by atoms with Gasteiger partial charge in [-0.15, -0.1) is 0 Å². The van der Waals surface area contributed by atoms with Crippen LogP contribution in [0.4, 0.5) is 0 Å². The van der Waals surface area contributed by atoms with E-state index in [4.69, 9.17) is 5.84 Å². The maximum Gasteiger partial charge on any atom is 0.0475 e. The van der Waals surface area contributed by atoms with Gasteiger partial charge in [0.2, 0.25) is 0 Å². The van der Waals surface area contributed by atoms with Crippen molar-refractivity contribution in [3.05, 3.63) is 41.7 Å². The van der Waals surface area contributed by atoms with Crippen LogP contribution in [-0.4, -0.2) is 11.0 Å². The summed E-state index contributed by atoms with van der Waals surface area (Å²) in [5, 5.41) is 0. The predicted octanol–water partition coefficient (Wildman–Crippen LogP) is 2.35. The summed E-state index contributed by atoms with van der Waals surface area (Å²) in [6, 6.07) is 6.26. The lowest BCUT2D eigenvalue weighted by molar-refractivity contribution is 0.559. The Balaban J connectivity index is 2.03. The van der Waals surface area contributed by atoms with E-state index in [9.17, 15) is 0 Å². The highest BCUT2D eigenvalue weighted by molar-refractivity contribution is 5.16. The molecule has 0 saturated heterocycles. The number of allylic oxidation sites excluding steroid dienone is 1. The number of nitrogens with one attached hydrogen (secondary N) is 1. The van der Waals surface area contributed by atoms with Crippen molar-refractivity contribution < 1.29 is 0 Å². The molecule has 1 aliphatic carbocycles. The van der Waals surface area contributed by atoms with Crippen molar-refractivity contribution in [2.75, 3.05) is 0 Å². The number of hydrazine groups is 1. The maximum absolute atomic E-state index is 5.68. The predicted molar refractivity (Wildman–Crippen MR) is 70.2 cm³/mol. The van der Waals surface area contributed by atoms with Crippen LogP contribution in [0.5, 0.6) is 0 Å². The van der Waals surface area contributed by atoms with Gasteiger partial charge < -0.3 is 0 Å². The molecular formula is C14H21N3. The second kappa shape index (κ2) is 6.52. The van der Waals surface area contributed by atoms with Gasteiger partial charge in [-0.3, -0.25) is 16.3 Å². The molecule has 1 aromatic heterocycles. The van der Waals surface area contributed by atoms with Gasteiger partial charge in [0.05, 0.1) is 0 Å². The van der Waals surface area contributed by atoms with E-state index in [1.54, 1.807) is 0 Å². The first-order valence-electron chi connectivity index (χ1n) is 6.45. The third-order valence-corrected chi connectivity index (χ3v) is 3.36. The van der Waals surface area contributed by atoms with Crippen molar-refractivity contribution in [3.63, 3.8) is 0 Å². The molecule has 0 fully saturated rings. The Morgan fingerprint density at radius 3 is 3.00 bits per heavy atom. The SMILES string of the molecule is NNC(Cc1ccccn1)C1=CCCCCC1. The minimum Gasteiger partial charge on any atom is -0.271 e. The topological polar surface area (TPSA) is 50.9 Å². The molecule has 1 unspecified atom stereocenters. The third kappa shape index (κ3) is 3.65. The Bertz CT molecular complexity index is 359. The van der Waals surface area contributed by atoms with Gasteiger partial charge in [0, 0.05) is 24.4 Å². The van der Waals surface area contributed by atoms with Crippen LogP contribution in [0.1, 0.15) is 37.8 Å². The minimum atomic E-state index is 0.239. The van der Waals surface area contributed by atoms with E-state index in [-0.39, 0.29) is 6.04 Å². The average molecular weight is 231 g/mol. The molecule has 1 aromatic rings. The summed E-state index contributed by atoms with van der Waals surface area (Å²) in [4.78, 5) is 4.36. The number of pyridine rings is 1. The summed E-state index contributed by atoms with van der Waals surface area (Å²) < 4.78 is 0. The first kappa shape index (κ1) is 12.3. The van der Waals surface area contributed by atoms with Crippen molar-refractivity contribution in [1.29, 1.82) is 0 Å². The lowest BCUT2D eigenvalue weighted by Crippen LogP contribution is -2.38. The maximum atomic E-state index is 5.68. The quantitative estimate of drug-likeness (QED) is 0.475. The molecular weight excluding hydrogens is 210 g/mol. The zero-order chi connectivity index (χ0) is 11.9. The molecule has 1 atom stereocenters. The molecule has 0 amide bonds. The fourth-order valence-corrected chi connectivity index (χ4v) is 2.38. The number of hydrogen-bond donors (Lipinski definition) is 2. The van der Waals surface area contributed by atoms with E-state index in [2.05, 4.69) is 22.6 Å². The molecule has 2 rings (SSSR count). The first-order chi connectivity index (χ1) is 8.40. The molecule has 0 spiro atoms. The van der Waals surface area contributed by atoms with E-state index in [1.807, 2.05) is 18.3 Å². The van der Waals surface area contributed by atoms with Crippen LogP contribution in [-0.2, 0) is 6.42 Å². The second-order valence-corrected chi connectivity index (χ2v) is 4.62. The number of rotatable bonds is 4. The summed E-state index contributed by atoms with van der Waals surface area (Å²) in [5.74, 6) is 5.68. The molecule has 17 heavy (non-hydrogen) atoms. The molecule has 0 saturated carbocycles. The summed E-state index contributed by atoms with van der Waals surface area (Å²) in [5.41, 5.74) is 5.49. The minimum absolute atomic E-state index is 0.239. The van der Waals surface area contributed by atoms with Gasteiger partial charge in [-0.05, 0) is 37.8 Å². The van der Waals surface area contributed by atoms with Crippen LogP contribution in [0, 0.1) is 0 Å². The van der Waals surface area contributed by atoms with Crippen molar-refractivity contribution in [2.45, 2.75) is 44.6 Å². The molecule has 1 aliphatic rings. The highest BCUT2D eigenvalue weighted by Crippen LogP contribution is 2.21. The zero-order valence-corrected chi connectivity index (χ0v) is 10.2. The average Bonchev–Trinajstić information content (AvgIpc) is 2.66. The van der Waals surface area contributed by atoms with Crippen molar-refractivity contribution >= 4 is 0 Å². The molecule has 1 heterocycles. The fourth-order valence-electron chi connectivity index (χ4n) is 2.38. The van der Waals surface area contributed by atoms with Crippen molar-refractivity contribution in [2.24, 2.45) is 5.84 Å². The van der Waals surface area contributed by atoms with Crippen LogP contribution in [0.15, 0.2) is 36.0 Å². The van der Waals surface area contributed by atoms with Crippen LogP contribution in [0.2, 0.25) is 0 Å². The lowest BCUT2D eigenvalue weighted by atomic mass is 9.98. The molecule has 92 valence electrons. The Hall–Kier alpha value is -1.19. The highest BCUT2D eigenvalue weighted by atomic mass is 15.2. The Morgan fingerprint density at radius 1 is 1.29 bits per heavy atom. The highest BCUT2D eigenvalue weighted by Gasteiger charge is 2.15. The Morgan fingerprint density at radius 2 is 2.24 bits per heavy atom. The standard InChI is InChI=1S/C14H21N3/c15-17-14(11-13-9-5-6-10-16-13)12-7-3-1-2-4-8-12/h5-7,9-10,14,17H,1-4,8,11,15H2. The monoisotopic (exact) mass is 231 g/mol. The molecule has 0 aromatic carbocycles. The van der Waals surface area contributed by atoms with E-state index < -0.39 is 0 Å². The van der Waals surface area contributed by atoms with Crippen LogP contribution < -0.4 is 11.3 Å².